The molecule has 80 valence electrons. The molecule has 0 aromatic rings. The van der Waals surface area contributed by atoms with Crippen molar-refractivity contribution in [2.24, 2.45) is 0 Å². The minimum atomic E-state index is -0.869. The lowest BCUT2D eigenvalue weighted by molar-refractivity contribution is -0.134. The molecule has 1 N–H and O–H groups in total. The SMILES string of the molecule is CCN(CC)C(=CC=C(C)C)C(=O)O. The van der Waals surface area contributed by atoms with Crippen LogP contribution in [0, 0.1) is 0 Å². The smallest absolute Gasteiger partial charge is 0.352 e. The van der Waals surface area contributed by atoms with Gasteiger partial charge >= 0.3 is 5.97 Å². The Hall–Kier alpha value is -1.25. The van der Waals surface area contributed by atoms with Gasteiger partial charge in [-0.25, -0.2) is 4.79 Å². The van der Waals surface area contributed by atoms with Crippen LogP contribution in [0.15, 0.2) is 23.4 Å². The number of aliphatic carboxylic acids is 1. The summed E-state index contributed by atoms with van der Waals surface area (Å²) < 4.78 is 0. The second kappa shape index (κ2) is 6.24. The van der Waals surface area contributed by atoms with Gasteiger partial charge in [0.15, 0.2) is 0 Å². The number of carboxylic acid groups (broad SMARTS) is 1. The van der Waals surface area contributed by atoms with Gasteiger partial charge in [-0.3, -0.25) is 0 Å². The number of allylic oxidation sites excluding steroid dienone is 3. The van der Waals surface area contributed by atoms with Crippen molar-refractivity contribution in [1.82, 2.24) is 4.90 Å². The molecule has 0 heterocycles. The molecule has 0 rings (SSSR count). The Kier molecular flexibility index (Phi) is 5.68. The number of carboxylic acids is 1. The fraction of sp³-hybridized carbons (Fsp3) is 0.545. The van der Waals surface area contributed by atoms with E-state index >= 15 is 0 Å². The van der Waals surface area contributed by atoms with Crippen LogP contribution in [-0.4, -0.2) is 29.1 Å². The maximum atomic E-state index is 10.9. The summed E-state index contributed by atoms with van der Waals surface area (Å²) in [6, 6.07) is 0. The molecule has 0 aliphatic heterocycles. The van der Waals surface area contributed by atoms with Gasteiger partial charge in [-0.2, -0.15) is 0 Å². The highest BCUT2D eigenvalue weighted by molar-refractivity contribution is 5.86. The molecule has 0 aromatic carbocycles. The van der Waals surface area contributed by atoms with Crippen LogP contribution in [-0.2, 0) is 4.79 Å². The molecule has 0 radical (unpaired) electrons. The van der Waals surface area contributed by atoms with Crippen LogP contribution in [0.3, 0.4) is 0 Å². The minimum absolute atomic E-state index is 0.358. The summed E-state index contributed by atoms with van der Waals surface area (Å²) in [5.74, 6) is -0.869. The van der Waals surface area contributed by atoms with E-state index in [1.807, 2.05) is 38.7 Å². The molecule has 0 saturated heterocycles. The molecule has 0 fully saturated rings. The van der Waals surface area contributed by atoms with E-state index in [4.69, 9.17) is 5.11 Å². The van der Waals surface area contributed by atoms with Gasteiger partial charge < -0.3 is 10.0 Å². The first-order valence-corrected chi connectivity index (χ1v) is 4.86. The van der Waals surface area contributed by atoms with Crippen molar-refractivity contribution in [3.05, 3.63) is 23.4 Å². The summed E-state index contributed by atoms with van der Waals surface area (Å²) in [6.07, 6.45) is 3.48. The maximum absolute atomic E-state index is 10.9. The third kappa shape index (κ3) is 4.12. The molecule has 0 aromatic heterocycles. The minimum Gasteiger partial charge on any atom is -0.477 e. The lowest BCUT2D eigenvalue weighted by Crippen LogP contribution is -2.27. The van der Waals surface area contributed by atoms with Crippen LogP contribution in [0.25, 0.3) is 0 Å². The molecule has 3 nitrogen and oxygen atoms in total. The van der Waals surface area contributed by atoms with Crippen LogP contribution in [0.4, 0.5) is 0 Å². The fourth-order valence-corrected chi connectivity index (χ4v) is 1.12. The molecular formula is C11H19NO2. The summed E-state index contributed by atoms with van der Waals surface area (Å²) in [5.41, 5.74) is 1.45. The number of hydrogen-bond donors (Lipinski definition) is 1. The topological polar surface area (TPSA) is 40.5 Å². The quantitative estimate of drug-likeness (QED) is 0.543. The van der Waals surface area contributed by atoms with Gasteiger partial charge in [0.2, 0.25) is 0 Å². The van der Waals surface area contributed by atoms with Crippen LogP contribution in [0.1, 0.15) is 27.7 Å². The predicted octanol–water partition coefficient (Wildman–Crippen LogP) is 2.26. The van der Waals surface area contributed by atoms with Gasteiger partial charge in [-0.1, -0.05) is 11.6 Å². The van der Waals surface area contributed by atoms with Crippen molar-refractivity contribution in [2.45, 2.75) is 27.7 Å². The number of nitrogens with zero attached hydrogens (tertiary/aromatic N) is 1. The van der Waals surface area contributed by atoms with Crippen LogP contribution < -0.4 is 0 Å². The van der Waals surface area contributed by atoms with Crippen molar-refractivity contribution in [3.8, 4) is 0 Å². The summed E-state index contributed by atoms with van der Waals surface area (Å²) in [4.78, 5) is 12.8. The average Bonchev–Trinajstić information content (AvgIpc) is 2.11. The van der Waals surface area contributed by atoms with E-state index in [9.17, 15) is 4.79 Å². The summed E-state index contributed by atoms with van der Waals surface area (Å²) in [5, 5.41) is 8.98. The van der Waals surface area contributed by atoms with E-state index < -0.39 is 5.97 Å². The Labute approximate surface area is 85.7 Å². The second-order valence-electron chi connectivity index (χ2n) is 3.27. The molecule has 0 unspecified atom stereocenters. The third-order valence-corrected chi connectivity index (χ3v) is 1.90. The van der Waals surface area contributed by atoms with Crippen LogP contribution >= 0.6 is 0 Å². The van der Waals surface area contributed by atoms with E-state index in [2.05, 4.69) is 0 Å². The monoisotopic (exact) mass is 197 g/mol. The first-order chi connectivity index (χ1) is 6.52. The number of rotatable bonds is 5. The molecule has 0 saturated carbocycles. The van der Waals surface area contributed by atoms with Crippen molar-refractivity contribution in [3.63, 3.8) is 0 Å². The van der Waals surface area contributed by atoms with Gasteiger partial charge in [0.05, 0.1) is 0 Å². The van der Waals surface area contributed by atoms with Crippen LogP contribution in [0.5, 0.6) is 0 Å². The van der Waals surface area contributed by atoms with Crippen molar-refractivity contribution >= 4 is 5.97 Å². The Morgan fingerprint density at radius 1 is 1.21 bits per heavy atom. The molecule has 0 amide bonds. The Bertz CT molecular complexity index is 246. The van der Waals surface area contributed by atoms with Crippen LogP contribution in [0.2, 0.25) is 0 Å². The normalized spacial score (nSPS) is 11.0. The highest BCUT2D eigenvalue weighted by Gasteiger charge is 2.11. The van der Waals surface area contributed by atoms with Gasteiger partial charge in [-0.15, -0.1) is 0 Å². The van der Waals surface area contributed by atoms with E-state index in [0.717, 1.165) is 5.57 Å². The molecule has 3 heteroatoms. The van der Waals surface area contributed by atoms with Gasteiger partial charge in [-0.05, 0) is 33.8 Å². The highest BCUT2D eigenvalue weighted by Crippen LogP contribution is 2.05. The summed E-state index contributed by atoms with van der Waals surface area (Å²) in [6.45, 7) is 9.21. The molecule has 0 bridgehead atoms. The van der Waals surface area contributed by atoms with E-state index in [1.54, 1.807) is 6.08 Å². The molecule has 0 atom stereocenters. The zero-order valence-electron chi connectivity index (χ0n) is 9.37. The van der Waals surface area contributed by atoms with E-state index in [-0.39, 0.29) is 0 Å². The second-order valence-corrected chi connectivity index (χ2v) is 3.27. The van der Waals surface area contributed by atoms with Crippen molar-refractivity contribution in [1.29, 1.82) is 0 Å². The third-order valence-electron chi connectivity index (χ3n) is 1.90. The predicted molar refractivity (Wildman–Crippen MR) is 58.1 cm³/mol. The summed E-state index contributed by atoms with van der Waals surface area (Å²) in [7, 11) is 0. The zero-order chi connectivity index (χ0) is 11.1. The van der Waals surface area contributed by atoms with E-state index in [0.29, 0.717) is 18.8 Å². The van der Waals surface area contributed by atoms with Gasteiger partial charge in [0.1, 0.15) is 5.70 Å². The number of hydrogen-bond acceptors (Lipinski definition) is 2. The number of carbonyl (C=O) groups is 1. The standard InChI is InChI=1S/C11H19NO2/c1-5-12(6-2)10(11(13)14)8-7-9(3)4/h7-8H,5-6H2,1-4H3,(H,13,14). The number of likely N-dealkylation sites (N-methyl/N-ethyl adjacent to an activating group) is 1. The summed E-state index contributed by atoms with van der Waals surface area (Å²) >= 11 is 0. The lowest BCUT2D eigenvalue weighted by Gasteiger charge is -2.20. The largest absolute Gasteiger partial charge is 0.477 e. The molecule has 0 aliphatic carbocycles. The lowest BCUT2D eigenvalue weighted by atomic mass is 10.2. The molecular weight excluding hydrogens is 178 g/mol. The Balaban J connectivity index is 4.84. The van der Waals surface area contributed by atoms with E-state index in [1.165, 1.54) is 0 Å². The fourth-order valence-electron chi connectivity index (χ4n) is 1.12. The maximum Gasteiger partial charge on any atom is 0.352 e. The zero-order valence-corrected chi connectivity index (χ0v) is 9.37. The van der Waals surface area contributed by atoms with Gasteiger partial charge in [0, 0.05) is 13.1 Å². The Morgan fingerprint density at radius 2 is 1.71 bits per heavy atom. The first kappa shape index (κ1) is 12.8. The average molecular weight is 197 g/mol. The molecule has 14 heavy (non-hydrogen) atoms. The molecule has 0 aliphatic rings. The highest BCUT2D eigenvalue weighted by atomic mass is 16.4. The first-order valence-electron chi connectivity index (χ1n) is 4.86. The molecule has 0 spiro atoms. The van der Waals surface area contributed by atoms with Gasteiger partial charge in [0.25, 0.3) is 0 Å². The Morgan fingerprint density at radius 3 is 2.00 bits per heavy atom. The van der Waals surface area contributed by atoms with Crippen molar-refractivity contribution in [2.75, 3.05) is 13.1 Å². The van der Waals surface area contributed by atoms with Crippen molar-refractivity contribution < 1.29 is 9.90 Å².